The van der Waals surface area contributed by atoms with Crippen LogP contribution in [0, 0.1) is 5.92 Å². The number of hydrogen-bond acceptors (Lipinski definition) is 1. The van der Waals surface area contributed by atoms with Crippen LogP contribution in [0.4, 0.5) is 0 Å². The summed E-state index contributed by atoms with van der Waals surface area (Å²) in [6.45, 7) is 4.12. The highest BCUT2D eigenvalue weighted by atomic mass is 16.3. The Hall–Kier alpha value is -0.820. The summed E-state index contributed by atoms with van der Waals surface area (Å²) in [5.74, 6) is 0.298. The van der Waals surface area contributed by atoms with E-state index in [1.807, 2.05) is 0 Å². The Morgan fingerprint density at radius 1 is 1.07 bits per heavy atom. The van der Waals surface area contributed by atoms with Gasteiger partial charge in [-0.3, -0.25) is 0 Å². The molecule has 1 aromatic carbocycles. The first-order valence-electron chi connectivity index (χ1n) is 5.98. The lowest BCUT2D eigenvalue weighted by molar-refractivity contribution is 0.127. The van der Waals surface area contributed by atoms with E-state index in [1.54, 1.807) is 0 Å². The van der Waals surface area contributed by atoms with Crippen molar-refractivity contribution in [1.82, 2.24) is 0 Å². The number of hydrogen-bond donors (Lipinski definition) is 1. The van der Waals surface area contributed by atoms with Crippen LogP contribution in [-0.4, -0.2) is 5.11 Å². The topological polar surface area (TPSA) is 20.2 Å². The lowest BCUT2D eigenvalue weighted by atomic mass is 9.88. The van der Waals surface area contributed by atoms with E-state index in [0.29, 0.717) is 5.92 Å². The predicted octanol–water partition coefficient (Wildman–Crippen LogP) is 3.25. The summed E-state index contributed by atoms with van der Waals surface area (Å²) < 4.78 is 0. The van der Waals surface area contributed by atoms with E-state index in [-0.39, 0.29) is 6.10 Å². The Morgan fingerprint density at radius 2 is 1.73 bits per heavy atom. The molecule has 1 aliphatic rings. The zero-order valence-electron chi connectivity index (χ0n) is 9.66. The van der Waals surface area contributed by atoms with Gasteiger partial charge >= 0.3 is 0 Å². The van der Waals surface area contributed by atoms with E-state index >= 15 is 0 Å². The molecule has 0 aliphatic heterocycles. The molecule has 1 aliphatic carbocycles. The summed E-state index contributed by atoms with van der Waals surface area (Å²) >= 11 is 0. The molecule has 1 aromatic rings. The number of fused-ring (bicyclic) bond motifs is 1. The van der Waals surface area contributed by atoms with Crippen LogP contribution in [0.15, 0.2) is 18.2 Å². The second kappa shape index (κ2) is 4.36. The fourth-order valence-corrected chi connectivity index (χ4v) is 2.32. The van der Waals surface area contributed by atoms with Crippen molar-refractivity contribution in [3.05, 3.63) is 34.9 Å². The van der Waals surface area contributed by atoms with Gasteiger partial charge in [-0.1, -0.05) is 32.0 Å². The van der Waals surface area contributed by atoms with E-state index in [9.17, 15) is 5.11 Å². The van der Waals surface area contributed by atoms with Gasteiger partial charge in [0.25, 0.3) is 0 Å². The van der Waals surface area contributed by atoms with E-state index < -0.39 is 0 Å². The maximum absolute atomic E-state index is 10.00. The Labute approximate surface area is 92.1 Å². The van der Waals surface area contributed by atoms with Crippen molar-refractivity contribution in [3.63, 3.8) is 0 Å². The molecule has 1 N–H and O–H groups in total. The molecule has 0 radical (unpaired) electrons. The van der Waals surface area contributed by atoms with Crippen LogP contribution in [0.1, 0.15) is 49.5 Å². The Bertz CT molecular complexity index is 341. The molecule has 1 nitrogen and oxygen atoms in total. The first-order valence-corrected chi connectivity index (χ1v) is 5.98. The molecule has 15 heavy (non-hydrogen) atoms. The van der Waals surface area contributed by atoms with Crippen LogP contribution in [-0.2, 0) is 12.8 Å². The van der Waals surface area contributed by atoms with E-state index in [1.165, 1.54) is 36.8 Å². The molecule has 0 saturated carbocycles. The van der Waals surface area contributed by atoms with Gasteiger partial charge in [0, 0.05) is 0 Å². The quantitative estimate of drug-likeness (QED) is 0.784. The molecule has 0 saturated heterocycles. The molecular weight excluding hydrogens is 184 g/mol. The molecule has 2 rings (SSSR count). The number of benzene rings is 1. The number of aryl methyl sites for hydroxylation is 2. The zero-order chi connectivity index (χ0) is 10.8. The molecule has 0 amide bonds. The second-order valence-electron chi connectivity index (χ2n) is 4.92. The summed E-state index contributed by atoms with van der Waals surface area (Å²) in [5.41, 5.74) is 4.03. The third kappa shape index (κ3) is 2.23. The van der Waals surface area contributed by atoms with Crippen LogP contribution < -0.4 is 0 Å². The standard InChI is InChI=1S/C14H20O/c1-10(2)14(15)13-8-7-11-5-3-4-6-12(11)9-13/h7-10,14-15H,3-6H2,1-2H3. The third-order valence-corrected chi connectivity index (χ3v) is 3.35. The van der Waals surface area contributed by atoms with Gasteiger partial charge in [-0.25, -0.2) is 0 Å². The van der Waals surface area contributed by atoms with Crippen LogP contribution in [0.5, 0.6) is 0 Å². The summed E-state index contributed by atoms with van der Waals surface area (Å²) in [7, 11) is 0. The first-order chi connectivity index (χ1) is 7.18. The largest absolute Gasteiger partial charge is 0.388 e. The molecule has 1 unspecified atom stereocenters. The number of aliphatic hydroxyl groups is 1. The van der Waals surface area contributed by atoms with Crippen molar-refractivity contribution in [1.29, 1.82) is 0 Å². The predicted molar refractivity (Wildman–Crippen MR) is 62.9 cm³/mol. The fourth-order valence-electron chi connectivity index (χ4n) is 2.32. The highest BCUT2D eigenvalue weighted by molar-refractivity contribution is 5.34. The van der Waals surface area contributed by atoms with Crippen molar-refractivity contribution in [3.8, 4) is 0 Å². The molecule has 0 spiro atoms. The van der Waals surface area contributed by atoms with E-state index in [2.05, 4.69) is 32.0 Å². The van der Waals surface area contributed by atoms with Crippen LogP contribution in [0.2, 0.25) is 0 Å². The van der Waals surface area contributed by atoms with Gasteiger partial charge in [-0.05, 0) is 48.3 Å². The Morgan fingerprint density at radius 3 is 2.40 bits per heavy atom. The molecule has 0 fully saturated rings. The SMILES string of the molecule is CC(C)C(O)c1ccc2c(c1)CCCC2. The molecule has 0 aromatic heterocycles. The van der Waals surface area contributed by atoms with Crippen LogP contribution >= 0.6 is 0 Å². The molecule has 1 heteroatoms. The van der Waals surface area contributed by atoms with Gasteiger partial charge < -0.3 is 5.11 Å². The maximum atomic E-state index is 10.00. The monoisotopic (exact) mass is 204 g/mol. The normalized spacial score (nSPS) is 17.6. The summed E-state index contributed by atoms with van der Waals surface area (Å²) in [6.07, 6.45) is 4.71. The van der Waals surface area contributed by atoms with Crippen molar-refractivity contribution in [2.24, 2.45) is 5.92 Å². The van der Waals surface area contributed by atoms with Crippen LogP contribution in [0.3, 0.4) is 0 Å². The van der Waals surface area contributed by atoms with Gasteiger partial charge in [0.1, 0.15) is 0 Å². The highest BCUT2D eigenvalue weighted by Gasteiger charge is 2.15. The molecule has 0 heterocycles. The lowest BCUT2D eigenvalue weighted by Crippen LogP contribution is -2.08. The summed E-state index contributed by atoms with van der Waals surface area (Å²) in [6, 6.07) is 6.50. The average Bonchev–Trinajstić information content (AvgIpc) is 2.27. The van der Waals surface area contributed by atoms with Gasteiger partial charge in [-0.2, -0.15) is 0 Å². The third-order valence-electron chi connectivity index (χ3n) is 3.35. The Balaban J connectivity index is 2.27. The minimum absolute atomic E-state index is 0.298. The average molecular weight is 204 g/mol. The summed E-state index contributed by atoms with van der Waals surface area (Å²) in [4.78, 5) is 0. The van der Waals surface area contributed by atoms with Crippen molar-refractivity contribution in [2.75, 3.05) is 0 Å². The van der Waals surface area contributed by atoms with Crippen LogP contribution in [0.25, 0.3) is 0 Å². The molecule has 1 atom stereocenters. The Kier molecular flexibility index (Phi) is 3.11. The number of aliphatic hydroxyl groups excluding tert-OH is 1. The smallest absolute Gasteiger partial charge is 0.0813 e. The molecular formula is C14H20O. The van der Waals surface area contributed by atoms with Gasteiger partial charge in [0.15, 0.2) is 0 Å². The summed E-state index contributed by atoms with van der Waals surface area (Å²) in [5, 5.41) is 10.00. The minimum Gasteiger partial charge on any atom is -0.388 e. The number of rotatable bonds is 2. The lowest BCUT2D eigenvalue weighted by Gasteiger charge is -2.20. The van der Waals surface area contributed by atoms with Gasteiger partial charge in [0.05, 0.1) is 6.10 Å². The maximum Gasteiger partial charge on any atom is 0.0813 e. The minimum atomic E-state index is -0.308. The highest BCUT2D eigenvalue weighted by Crippen LogP contribution is 2.27. The zero-order valence-corrected chi connectivity index (χ0v) is 9.66. The first kappa shape index (κ1) is 10.7. The fraction of sp³-hybridized carbons (Fsp3) is 0.571. The van der Waals surface area contributed by atoms with E-state index in [0.717, 1.165) is 5.56 Å². The van der Waals surface area contributed by atoms with Gasteiger partial charge in [-0.15, -0.1) is 0 Å². The molecule has 82 valence electrons. The molecule has 0 bridgehead atoms. The van der Waals surface area contributed by atoms with Crippen molar-refractivity contribution in [2.45, 2.75) is 45.6 Å². The van der Waals surface area contributed by atoms with Crippen molar-refractivity contribution >= 4 is 0 Å². The second-order valence-corrected chi connectivity index (χ2v) is 4.92. The van der Waals surface area contributed by atoms with Gasteiger partial charge in [0.2, 0.25) is 0 Å². The van der Waals surface area contributed by atoms with Crippen molar-refractivity contribution < 1.29 is 5.11 Å². The van der Waals surface area contributed by atoms with E-state index in [4.69, 9.17) is 0 Å².